The molecule has 6 heteroatoms. The van der Waals surface area contributed by atoms with Crippen molar-refractivity contribution in [2.75, 3.05) is 0 Å². The highest BCUT2D eigenvalue weighted by Gasteiger charge is 2.18. The quantitative estimate of drug-likeness (QED) is 0.562. The van der Waals surface area contributed by atoms with Gasteiger partial charge in [0.05, 0.1) is 17.8 Å². The van der Waals surface area contributed by atoms with Crippen LogP contribution in [0.4, 0.5) is 4.39 Å². The molecule has 5 nitrogen and oxygen atoms in total. The van der Waals surface area contributed by atoms with Crippen LogP contribution in [0.2, 0.25) is 0 Å². The van der Waals surface area contributed by atoms with E-state index in [1.54, 1.807) is 31.5 Å². The molecule has 146 valence electrons. The molecule has 0 aliphatic heterocycles. The van der Waals surface area contributed by atoms with Gasteiger partial charge in [0.25, 0.3) is 0 Å². The van der Waals surface area contributed by atoms with E-state index in [2.05, 4.69) is 10.3 Å². The Hall–Kier alpha value is -3.54. The lowest BCUT2D eigenvalue weighted by Gasteiger charge is -2.08. The van der Waals surface area contributed by atoms with Gasteiger partial charge in [-0.15, -0.1) is 0 Å². The van der Waals surface area contributed by atoms with Crippen LogP contribution in [-0.2, 0) is 17.8 Å². The molecule has 1 N–H and O–H groups in total. The predicted molar refractivity (Wildman–Crippen MR) is 110 cm³/mol. The molecule has 0 fully saturated rings. The third kappa shape index (κ3) is 4.01. The van der Waals surface area contributed by atoms with Crippen molar-refractivity contribution < 1.29 is 9.18 Å². The fraction of sp³-hybridized carbons (Fsp3) is 0.174. The molecular weight excluding hydrogens is 367 g/mol. The van der Waals surface area contributed by atoms with E-state index >= 15 is 0 Å². The van der Waals surface area contributed by atoms with Gasteiger partial charge < -0.3 is 9.72 Å². The summed E-state index contributed by atoms with van der Waals surface area (Å²) in [6.07, 6.45) is 5.53. The predicted octanol–water partition coefficient (Wildman–Crippen LogP) is 4.01. The van der Waals surface area contributed by atoms with Crippen molar-refractivity contribution in [2.45, 2.75) is 26.8 Å². The summed E-state index contributed by atoms with van der Waals surface area (Å²) in [5.41, 5.74) is 5.61. The van der Waals surface area contributed by atoms with Gasteiger partial charge in [0.1, 0.15) is 11.5 Å². The number of hydrogen-bond acceptors (Lipinski definition) is 3. The van der Waals surface area contributed by atoms with Crippen LogP contribution < -0.4 is 5.32 Å². The topological polar surface area (TPSA) is 59.3 Å². The number of imidazole rings is 1. The van der Waals surface area contributed by atoms with Crippen molar-refractivity contribution in [1.82, 2.24) is 19.7 Å². The lowest BCUT2D eigenvalue weighted by molar-refractivity contribution is -0.120. The first-order chi connectivity index (χ1) is 14.0. The lowest BCUT2D eigenvalue weighted by Crippen LogP contribution is -2.25. The minimum absolute atomic E-state index is 0.106. The molecule has 0 unspecified atom stereocenters. The fourth-order valence-corrected chi connectivity index (χ4v) is 3.31. The molecule has 0 radical (unpaired) electrons. The lowest BCUT2D eigenvalue weighted by atomic mass is 10.1. The molecule has 0 spiro atoms. The number of fused-ring (bicyclic) bond motifs is 1. The number of rotatable bonds is 5. The van der Waals surface area contributed by atoms with Crippen molar-refractivity contribution in [3.05, 3.63) is 89.3 Å². The standard InChI is InChI=1S/C23H21FN4O/c1-15-3-6-21-27-23(18-4-5-19(24)16(2)11-18)20(28(21)14-15)12-22(29)26-13-17-7-9-25-10-8-17/h3-11,14H,12-13H2,1-2H3,(H,26,29). The Labute approximate surface area is 168 Å². The van der Waals surface area contributed by atoms with Crippen LogP contribution in [0.25, 0.3) is 16.9 Å². The average molecular weight is 388 g/mol. The second kappa shape index (κ2) is 7.83. The van der Waals surface area contributed by atoms with Crippen LogP contribution in [0.15, 0.2) is 61.1 Å². The number of aryl methyl sites for hydroxylation is 2. The maximum absolute atomic E-state index is 13.7. The molecule has 1 amide bonds. The highest BCUT2D eigenvalue weighted by molar-refractivity contribution is 5.81. The zero-order chi connectivity index (χ0) is 20.4. The van der Waals surface area contributed by atoms with E-state index in [0.29, 0.717) is 17.8 Å². The van der Waals surface area contributed by atoms with E-state index in [1.165, 1.54) is 6.07 Å². The van der Waals surface area contributed by atoms with E-state index < -0.39 is 0 Å². The average Bonchev–Trinajstić information content (AvgIpc) is 3.07. The van der Waals surface area contributed by atoms with Crippen molar-refractivity contribution in [2.24, 2.45) is 0 Å². The molecule has 1 aromatic carbocycles. The maximum Gasteiger partial charge on any atom is 0.226 e. The second-order valence-corrected chi connectivity index (χ2v) is 7.11. The smallest absolute Gasteiger partial charge is 0.226 e. The molecule has 0 bridgehead atoms. The summed E-state index contributed by atoms with van der Waals surface area (Å²) in [7, 11) is 0. The Morgan fingerprint density at radius 3 is 2.66 bits per heavy atom. The summed E-state index contributed by atoms with van der Waals surface area (Å²) in [5.74, 6) is -0.366. The number of carbonyl (C=O) groups is 1. The first-order valence-corrected chi connectivity index (χ1v) is 9.41. The normalized spacial score (nSPS) is 11.0. The van der Waals surface area contributed by atoms with Crippen LogP contribution in [-0.4, -0.2) is 20.3 Å². The molecule has 0 saturated heterocycles. The number of pyridine rings is 2. The van der Waals surface area contributed by atoms with E-state index in [-0.39, 0.29) is 18.1 Å². The molecular formula is C23H21FN4O. The fourth-order valence-electron chi connectivity index (χ4n) is 3.31. The molecule has 3 heterocycles. The Bertz CT molecular complexity index is 1180. The third-order valence-corrected chi connectivity index (χ3v) is 4.86. The Kier molecular flexibility index (Phi) is 5.08. The SMILES string of the molecule is Cc1ccc2nc(-c3ccc(F)c(C)c3)c(CC(=O)NCc3ccncc3)n2c1. The van der Waals surface area contributed by atoms with Gasteiger partial charge in [0.15, 0.2) is 0 Å². The maximum atomic E-state index is 13.7. The molecule has 4 rings (SSSR count). The summed E-state index contributed by atoms with van der Waals surface area (Å²) in [4.78, 5) is 21.4. The number of amides is 1. The summed E-state index contributed by atoms with van der Waals surface area (Å²) in [5, 5.41) is 2.95. The van der Waals surface area contributed by atoms with E-state index in [1.807, 2.05) is 41.8 Å². The number of benzene rings is 1. The van der Waals surface area contributed by atoms with Gasteiger partial charge in [-0.05, 0) is 66.9 Å². The zero-order valence-corrected chi connectivity index (χ0v) is 16.3. The summed E-state index contributed by atoms with van der Waals surface area (Å²) < 4.78 is 15.7. The van der Waals surface area contributed by atoms with Crippen LogP contribution in [0.5, 0.6) is 0 Å². The monoisotopic (exact) mass is 388 g/mol. The van der Waals surface area contributed by atoms with Gasteiger partial charge in [-0.3, -0.25) is 9.78 Å². The number of carbonyl (C=O) groups excluding carboxylic acids is 1. The number of nitrogens with one attached hydrogen (secondary N) is 1. The summed E-state index contributed by atoms with van der Waals surface area (Å²) in [6.45, 7) is 4.15. The molecule has 0 saturated carbocycles. The third-order valence-electron chi connectivity index (χ3n) is 4.86. The second-order valence-electron chi connectivity index (χ2n) is 7.11. The highest BCUT2D eigenvalue weighted by Crippen LogP contribution is 2.27. The highest BCUT2D eigenvalue weighted by atomic mass is 19.1. The molecule has 0 aliphatic carbocycles. The first-order valence-electron chi connectivity index (χ1n) is 9.41. The minimum Gasteiger partial charge on any atom is -0.352 e. The molecule has 3 aromatic heterocycles. The van der Waals surface area contributed by atoms with Gasteiger partial charge in [-0.1, -0.05) is 6.07 Å². The molecule has 4 aromatic rings. The summed E-state index contributed by atoms with van der Waals surface area (Å²) >= 11 is 0. The molecule has 0 aliphatic rings. The Morgan fingerprint density at radius 2 is 1.90 bits per heavy atom. The van der Waals surface area contributed by atoms with Crippen LogP contribution >= 0.6 is 0 Å². The zero-order valence-electron chi connectivity index (χ0n) is 16.3. The van der Waals surface area contributed by atoms with Gasteiger partial charge in [0.2, 0.25) is 5.91 Å². The van der Waals surface area contributed by atoms with E-state index in [4.69, 9.17) is 4.98 Å². The van der Waals surface area contributed by atoms with Crippen LogP contribution in [0, 0.1) is 19.7 Å². The molecule has 29 heavy (non-hydrogen) atoms. The van der Waals surface area contributed by atoms with Gasteiger partial charge in [-0.2, -0.15) is 0 Å². The van der Waals surface area contributed by atoms with Gasteiger partial charge >= 0.3 is 0 Å². The van der Waals surface area contributed by atoms with Crippen LogP contribution in [0.3, 0.4) is 0 Å². The van der Waals surface area contributed by atoms with Gasteiger partial charge in [0, 0.05) is 30.7 Å². The molecule has 0 atom stereocenters. The van der Waals surface area contributed by atoms with Crippen molar-refractivity contribution >= 4 is 11.6 Å². The number of aromatic nitrogens is 3. The Balaban J connectivity index is 1.68. The largest absolute Gasteiger partial charge is 0.352 e. The first kappa shape index (κ1) is 18.8. The van der Waals surface area contributed by atoms with Gasteiger partial charge in [-0.25, -0.2) is 9.37 Å². The van der Waals surface area contributed by atoms with Crippen molar-refractivity contribution in [3.8, 4) is 11.3 Å². The van der Waals surface area contributed by atoms with E-state index in [9.17, 15) is 9.18 Å². The minimum atomic E-state index is -0.259. The number of hydrogen-bond donors (Lipinski definition) is 1. The Morgan fingerprint density at radius 1 is 1.10 bits per heavy atom. The van der Waals surface area contributed by atoms with Crippen molar-refractivity contribution in [3.63, 3.8) is 0 Å². The number of nitrogens with zero attached hydrogens (tertiary/aromatic N) is 3. The van der Waals surface area contributed by atoms with Crippen LogP contribution in [0.1, 0.15) is 22.4 Å². The van der Waals surface area contributed by atoms with Crippen molar-refractivity contribution in [1.29, 1.82) is 0 Å². The summed E-state index contributed by atoms with van der Waals surface area (Å²) in [6, 6.07) is 12.5. The number of halogens is 1. The van der Waals surface area contributed by atoms with E-state index in [0.717, 1.165) is 28.0 Å².